The monoisotopic (exact) mass is 492 g/mol. The van der Waals surface area contributed by atoms with E-state index in [0.29, 0.717) is 6.54 Å². The molecule has 1 aromatic heterocycles. The molecule has 0 aliphatic rings. The molecule has 0 saturated carbocycles. The van der Waals surface area contributed by atoms with Gasteiger partial charge in [0.2, 0.25) is 15.9 Å². The van der Waals surface area contributed by atoms with Crippen LogP contribution in [-0.4, -0.2) is 32.1 Å². The van der Waals surface area contributed by atoms with Gasteiger partial charge in [0.15, 0.2) is 11.6 Å². The van der Waals surface area contributed by atoms with Gasteiger partial charge >= 0.3 is 6.18 Å². The molecule has 1 atom stereocenters. The lowest BCUT2D eigenvalue weighted by molar-refractivity contribution is -0.141. The average molecular weight is 492 g/mol. The summed E-state index contributed by atoms with van der Waals surface area (Å²) in [6.07, 6.45) is -1.61. The fraction of sp³-hybridized carbons (Fsp3) is 0.300. The lowest BCUT2D eigenvalue weighted by Gasteiger charge is -2.15. The van der Waals surface area contributed by atoms with E-state index >= 15 is 0 Å². The quantitative estimate of drug-likeness (QED) is 0.381. The lowest BCUT2D eigenvalue weighted by atomic mass is 10.1. The zero-order valence-electron chi connectivity index (χ0n) is 17.7. The number of hydrogen-bond acceptors (Lipinski definition) is 5. The number of anilines is 2. The second kappa shape index (κ2) is 10.1. The van der Waals surface area contributed by atoms with Gasteiger partial charge in [-0.15, -0.1) is 0 Å². The number of halogens is 5. The second-order valence-corrected chi connectivity index (χ2v) is 8.71. The summed E-state index contributed by atoms with van der Waals surface area (Å²) < 4.78 is 91.1. The van der Waals surface area contributed by atoms with E-state index < -0.39 is 51.2 Å². The van der Waals surface area contributed by atoms with Gasteiger partial charge in [-0.25, -0.2) is 22.2 Å². The minimum Gasteiger partial charge on any atom is -0.370 e. The molecule has 0 radical (unpaired) electrons. The first-order valence-electron chi connectivity index (χ1n) is 9.48. The van der Waals surface area contributed by atoms with Crippen LogP contribution in [0, 0.1) is 11.6 Å². The topological polar surface area (TPSA) is 100 Å². The highest BCUT2D eigenvalue weighted by atomic mass is 32.2. The van der Waals surface area contributed by atoms with Gasteiger partial charge in [-0.05, 0) is 49.8 Å². The van der Waals surface area contributed by atoms with Gasteiger partial charge in [0.1, 0.15) is 17.2 Å². The predicted octanol–water partition coefficient (Wildman–Crippen LogP) is 4.07. The van der Waals surface area contributed by atoms with Gasteiger partial charge in [-0.2, -0.15) is 13.2 Å². The van der Waals surface area contributed by atoms with Crippen LogP contribution in [0.25, 0.3) is 6.08 Å². The Kier molecular flexibility index (Phi) is 8.01. The van der Waals surface area contributed by atoms with Crippen molar-refractivity contribution in [1.29, 1.82) is 0 Å². The van der Waals surface area contributed by atoms with E-state index in [2.05, 4.69) is 15.6 Å². The summed E-state index contributed by atoms with van der Waals surface area (Å²) in [5, 5.41) is 5.14. The molecule has 33 heavy (non-hydrogen) atoms. The number of aromatic nitrogens is 1. The number of rotatable bonds is 8. The van der Waals surface area contributed by atoms with Crippen LogP contribution in [-0.2, 0) is 21.0 Å². The fourth-order valence-electron chi connectivity index (χ4n) is 2.71. The molecule has 180 valence electrons. The fourth-order valence-corrected chi connectivity index (χ4v) is 3.27. The number of carbonyl (C=O) groups excluding carboxylic acids is 1. The van der Waals surface area contributed by atoms with Crippen LogP contribution in [0.5, 0.6) is 0 Å². The Morgan fingerprint density at radius 1 is 1.18 bits per heavy atom. The Hall–Kier alpha value is -3.22. The molecule has 0 spiro atoms. The first-order valence-corrected chi connectivity index (χ1v) is 11.4. The summed E-state index contributed by atoms with van der Waals surface area (Å²) in [7, 11) is -3.91. The second-order valence-electron chi connectivity index (χ2n) is 6.96. The molecule has 1 aromatic carbocycles. The van der Waals surface area contributed by atoms with Crippen LogP contribution < -0.4 is 15.4 Å². The predicted molar refractivity (Wildman–Crippen MR) is 114 cm³/mol. The van der Waals surface area contributed by atoms with Crippen molar-refractivity contribution in [1.82, 2.24) is 10.3 Å². The van der Waals surface area contributed by atoms with Crippen molar-refractivity contribution < 1.29 is 35.2 Å². The number of pyridine rings is 1. The molecule has 1 unspecified atom stereocenters. The number of nitrogens with zero attached hydrogens (tertiary/aromatic N) is 1. The molecular formula is C20H21F5N4O3S. The van der Waals surface area contributed by atoms with Crippen molar-refractivity contribution in [3.8, 4) is 0 Å². The van der Waals surface area contributed by atoms with Crippen LogP contribution in [0.2, 0.25) is 0 Å². The van der Waals surface area contributed by atoms with Crippen LogP contribution in [0.15, 0.2) is 30.3 Å². The molecule has 2 aromatic rings. The first kappa shape index (κ1) is 26.0. The number of alkyl halides is 3. The van der Waals surface area contributed by atoms with E-state index in [0.717, 1.165) is 36.6 Å². The van der Waals surface area contributed by atoms with Crippen LogP contribution in [0.3, 0.4) is 0 Å². The molecule has 1 heterocycles. The van der Waals surface area contributed by atoms with E-state index in [1.54, 1.807) is 11.6 Å². The normalized spacial score (nSPS) is 13.1. The van der Waals surface area contributed by atoms with Crippen molar-refractivity contribution in [2.24, 2.45) is 0 Å². The minimum absolute atomic E-state index is 0.0235. The Morgan fingerprint density at radius 2 is 1.79 bits per heavy atom. The van der Waals surface area contributed by atoms with Crippen molar-refractivity contribution in [2.45, 2.75) is 26.1 Å². The van der Waals surface area contributed by atoms with E-state index in [-0.39, 0.29) is 16.9 Å². The molecule has 0 saturated heterocycles. The summed E-state index contributed by atoms with van der Waals surface area (Å²) in [4.78, 5) is 15.7. The molecule has 3 N–H and O–H groups in total. The zero-order valence-corrected chi connectivity index (χ0v) is 18.5. The number of amides is 1. The maximum Gasteiger partial charge on any atom is 0.433 e. The van der Waals surface area contributed by atoms with Crippen LogP contribution >= 0.6 is 0 Å². The summed E-state index contributed by atoms with van der Waals surface area (Å²) in [5.41, 5.74) is -1.69. The Morgan fingerprint density at radius 3 is 2.30 bits per heavy atom. The molecule has 0 bridgehead atoms. The Balaban J connectivity index is 2.18. The molecule has 13 heteroatoms. The summed E-state index contributed by atoms with van der Waals surface area (Å²) >= 11 is 0. The Bertz CT molecular complexity index is 1140. The summed E-state index contributed by atoms with van der Waals surface area (Å²) in [5.74, 6) is -3.09. The van der Waals surface area contributed by atoms with E-state index in [4.69, 9.17) is 0 Å². The average Bonchev–Trinajstić information content (AvgIpc) is 2.68. The number of benzene rings is 1. The van der Waals surface area contributed by atoms with Gasteiger partial charge < -0.3 is 10.6 Å². The standard InChI is InChI=1S/C20H21F5N4O3S/c1-4-26-19-12(5-7-16(28-19)20(23,24)25)6-8-17(30)27-11(2)13-9-14(21)18(15(22)10-13)29-33(3,31)32/h5-11,29H,4H2,1-3H3,(H,26,28)(H,27,30)/b8-6-. The first-order chi connectivity index (χ1) is 15.2. The number of sulfonamides is 1. The third-order valence-electron chi connectivity index (χ3n) is 4.19. The highest BCUT2D eigenvalue weighted by Crippen LogP contribution is 2.30. The molecule has 2 rings (SSSR count). The zero-order chi connectivity index (χ0) is 25.0. The van der Waals surface area contributed by atoms with Crippen molar-refractivity contribution in [3.05, 3.63) is 58.8 Å². The van der Waals surface area contributed by atoms with Crippen molar-refractivity contribution >= 4 is 33.5 Å². The largest absolute Gasteiger partial charge is 0.433 e. The number of nitrogens with one attached hydrogen (secondary N) is 3. The maximum absolute atomic E-state index is 14.2. The van der Waals surface area contributed by atoms with Crippen molar-refractivity contribution in [2.75, 3.05) is 22.8 Å². The minimum atomic E-state index is -4.63. The van der Waals surface area contributed by atoms with Gasteiger partial charge in [-0.1, -0.05) is 0 Å². The molecule has 0 aliphatic carbocycles. The highest BCUT2D eigenvalue weighted by Gasteiger charge is 2.32. The molecule has 7 nitrogen and oxygen atoms in total. The van der Waals surface area contributed by atoms with Gasteiger partial charge in [0.25, 0.3) is 0 Å². The third-order valence-corrected chi connectivity index (χ3v) is 4.76. The third kappa shape index (κ3) is 7.41. The lowest BCUT2D eigenvalue weighted by Crippen LogP contribution is -2.25. The van der Waals surface area contributed by atoms with Gasteiger partial charge in [-0.3, -0.25) is 9.52 Å². The molecule has 0 fully saturated rings. The molecular weight excluding hydrogens is 471 g/mol. The van der Waals surface area contributed by atoms with E-state index in [1.165, 1.54) is 13.0 Å². The number of hydrogen-bond donors (Lipinski definition) is 3. The highest BCUT2D eigenvalue weighted by molar-refractivity contribution is 7.92. The van der Waals surface area contributed by atoms with E-state index in [9.17, 15) is 35.2 Å². The molecule has 1 amide bonds. The summed E-state index contributed by atoms with van der Waals surface area (Å²) in [6, 6.07) is 2.79. The smallest absolute Gasteiger partial charge is 0.370 e. The maximum atomic E-state index is 14.2. The van der Waals surface area contributed by atoms with Crippen molar-refractivity contribution in [3.63, 3.8) is 0 Å². The van der Waals surface area contributed by atoms with Crippen LogP contribution in [0.4, 0.5) is 33.5 Å². The van der Waals surface area contributed by atoms with Crippen LogP contribution in [0.1, 0.15) is 36.7 Å². The number of carbonyl (C=O) groups is 1. The summed E-state index contributed by atoms with van der Waals surface area (Å²) in [6.45, 7) is 3.39. The van der Waals surface area contributed by atoms with Gasteiger partial charge in [0.05, 0.1) is 12.3 Å². The SMILES string of the molecule is CCNc1nc(C(F)(F)F)ccc1/C=C\C(=O)NC(C)c1cc(F)c(NS(C)(=O)=O)c(F)c1. The van der Waals surface area contributed by atoms with Gasteiger partial charge in [0, 0.05) is 18.2 Å². The Labute approximate surface area is 187 Å². The van der Waals surface area contributed by atoms with E-state index in [1.807, 2.05) is 0 Å². The molecule has 0 aliphatic heterocycles.